The Morgan fingerprint density at radius 1 is 1.26 bits per heavy atom. The van der Waals surface area contributed by atoms with Gasteiger partial charge in [0, 0.05) is 0 Å². The van der Waals surface area contributed by atoms with Crippen LogP contribution < -0.4 is 0 Å². The molecule has 0 spiro atoms. The number of carbonyl (C=O) groups is 1. The van der Waals surface area contributed by atoms with Gasteiger partial charge in [-0.3, -0.25) is 9.36 Å². The van der Waals surface area contributed by atoms with Gasteiger partial charge in [0.1, 0.15) is 0 Å². The van der Waals surface area contributed by atoms with E-state index in [-0.39, 0.29) is 5.75 Å². The van der Waals surface area contributed by atoms with Crippen molar-refractivity contribution in [3.05, 3.63) is 46.8 Å². The predicted octanol–water partition coefficient (Wildman–Crippen LogP) is 3.79. The molecule has 0 atom stereocenters. The molecule has 0 radical (unpaired) electrons. The number of benzene rings is 1. The number of hydrogen-bond acceptors (Lipinski definition) is 5. The number of aromatic nitrogens is 3. The topological polar surface area (TPSA) is 68.0 Å². The van der Waals surface area contributed by atoms with Crippen molar-refractivity contribution in [2.75, 3.05) is 5.75 Å². The summed E-state index contributed by atoms with van der Waals surface area (Å²) >= 11 is 2.76. The van der Waals surface area contributed by atoms with Gasteiger partial charge in [-0.25, -0.2) is 0 Å². The van der Waals surface area contributed by atoms with Crippen molar-refractivity contribution in [1.82, 2.24) is 14.8 Å². The molecule has 0 amide bonds. The Balaban J connectivity index is 2.16. The Morgan fingerprint density at radius 2 is 2.09 bits per heavy atom. The molecule has 5 nitrogen and oxygen atoms in total. The number of carboxylic acid groups (broad SMARTS) is 1. The van der Waals surface area contributed by atoms with Gasteiger partial charge in [0.25, 0.3) is 0 Å². The van der Waals surface area contributed by atoms with Crippen LogP contribution in [0.2, 0.25) is 0 Å². The van der Waals surface area contributed by atoms with E-state index in [4.69, 9.17) is 5.11 Å². The van der Waals surface area contributed by atoms with Crippen molar-refractivity contribution >= 4 is 29.1 Å². The maximum Gasteiger partial charge on any atom is 0.313 e. The third-order valence-electron chi connectivity index (χ3n) is 3.52. The fourth-order valence-electron chi connectivity index (χ4n) is 2.25. The van der Waals surface area contributed by atoms with E-state index in [0.29, 0.717) is 5.16 Å². The van der Waals surface area contributed by atoms with E-state index in [1.54, 1.807) is 11.3 Å². The summed E-state index contributed by atoms with van der Waals surface area (Å²) in [5, 5.41) is 20.0. The first kappa shape index (κ1) is 15.8. The van der Waals surface area contributed by atoms with Gasteiger partial charge in [0.2, 0.25) is 0 Å². The highest BCUT2D eigenvalue weighted by molar-refractivity contribution is 7.99. The average Bonchev–Trinajstić information content (AvgIpc) is 3.16. The summed E-state index contributed by atoms with van der Waals surface area (Å²) in [7, 11) is 0. The molecule has 23 heavy (non-hydrogen) atoms. The third kappa shape index (κ3) is 3.16. The number of carboxylic acids is 1. The van der Waals surface area contributed by atoms with Crippen LogP contribution in [0.5, 0.6) is 0 Å². The molecule has 0 unspecified atom stereocenters. The minimum absolute atomic E-state index is 0.0482. The zero-order chi connectivity index (χ0) is 16.4. The van der Waals surface area contributed by atoms with Gasteiger partial charge in [0.05, 0.1) is 16.3 Å². The van der Waals surface area contributed by atoms with Gasteiger partial charge in [-0.05, 0) is 42.5 Å². The summed E-state index contributed by atoms with van der Waals surface area (Å²) < 4.78 is 1.95. The first-order valence-corrected chi connectivity index (χ1v) is 8.85. The van der Waals surface area contributed by atoms with Crippen LogP contribution in [0.25, 0.3) is 16.4 Å². The lowest BCUT2D eigenvalue weighted by atomic mass is 10.1. The lowest BCUT2D eigenvalue weighted by Gasteiger charge is -2.13. The number of nitrogens with zero attached hydrogens (tertiary/aromatic N) is 3. The highest BCUT2D eigenvalue weighted by Gasteiger charge is 2.19. The maximum absolute atomic E-state index is 10.9. The Labute approximate surface area is 142 Å². The molecule has 0 aliphatic carbocycles. The highest BCUT2D eigenvalue weighted by Crippen LogP contribution is 2.32. The molecule has 0 bridgehead atoms. The van der Waals surface area contributed by atoms with Crippen LogP contribution >= 0.6 is 23.1 Å². The van der Waals surface area contributed by atoms with E-state index < -0.39 is 5.97 Å². The van der Waals surface area contributed by atoms with Crippen molar-refractivity contribution in [1.29, 1.82) is 0 Å². The minimum Gasteiger partial charge on any atom is -0.481 e. The molecular formula is C16H15N3O2S2. The van der Waals surface area contributed by atoms with E-state index in [0.717, 1.165) is 22.0 Å². The molecule has 0 aliphatic heterocycles. The molecule has 3 aromatic rings. The molecule has 7 heteroatoms. The molecule has 0 saturated carbocycles. The molecule has 1 N–H and O–H groups in total. The van der Waals surface area contributed by atoms with Crippen molar-refractivity contribution in [3.63, 3.8) is 0 Å². The Hall–Kier alpha value is -2.12. The van der Waals surface area contributed by atoms with Gasteiger partial charge in [-0.15, -0.1) is 21.5 Å². The molecule has 0 saturated heterocycles. The molecule has 2 heterocycles. The van der Waals surface area contributed by atoms with Crippen molar-refractivity contribution < 1.29 is 9.90 Å². The second-order valence-electron chi connectivity index (χ2n) is 5.02. The van der Waals surface area contributed by atoms with Crippen LogP contribution in [0, 0.1) is 13.8 Å². The second kappa shape index (κ2) is 6.55. The van der Waals surface area contributed by atoms with Gasteiger partial charge in [-0.2, -0.15) is 0 Å². The monoisotopic (exact) mass is 345 g/mol. The number of rotatable bonds is 5. The lowest BCUT2D eigenvalue weighted by molar-refractivity contribution is -0.133. The summed E-state index contributed by atoms with van der Waals surface area (Å²) in [6, 6.07) is 10.0. The number of thioether (sulfide) groups is 1. The summed E-state index contributed by atoms with van der Waals surface area (Å²) in [6.07, 6.45) is 0. The minimum atomic E-state index is -0.872. The molecule has 3 rings (SSSR count). The zero-order valence-corrected chi connectivity index (χ0v) is 14.3. The van der Waals surface area contributed by atoms with E-state index in [9.17, 15) is 4.79 Å². The normalized spacial score (nSPS) is 10.9. The Bertz CT molecular complexity index is 841. The predicted molar refractivity (Wildman–Crippen MR) is 92.5 cm³/mol. The second-order valence-corrected chi connectivity index (χ2v) is 6.91. The molecule has 0 fully saturated rings. The maximum atomic E-state index is 10.9. The third-order valence-corrected chi connectivity index (χ3v) is 5.30. The molecule has 2 aromatic heterocycles. The van der Waals surface area contributed by atoms with Crippen LogP contribution in [0.3, 0.4) is 0 Å². The van der Waals surface area contributed by atoms with Crippen LogP contribution in [0.15, 0.2) is 40.9 Å². The highest BCUT2D eigenvalue weighted by atomic mass is 32.2. The summed E-state index contributed by atoms with van der Waals surface area (Å²) in [6.45, 7) is 4.10. The van der Waals surface area contributed by atoms with Crippen LogP contribution in [-0.4, -0.2) is 31.6 Å². The lowest BCUT2D eigenvalue weighted by Crippen LogP contribution is -2.04. The Kier molecular flexibility index (Phi) is 4.49. The van der Waals surface area contributed by atoms with Crippen molar-refractivity contribution in [2.45, 2.75) is 19.0 Å². The number of hydrogen-bond donors (Lipinski definition) is 1. The number of thiophene rings is 1. The van der Waals surface area contributed by atoms with E-state index in [2.05, 4.69) is 30.1 Å². The summed E-state index contributed by atoms with van der Waals surface area (Å²) in [5.41, 5.74) is 3.27. The summed E-state index contributed by atoms with van der Waals surface area (Å²) in [5.74, 6) is -0.183. The Morgan fingerprint density at radius 3 is 2.78 bits per heavy atom. The zero-order valence-electron chi connectivity index (χ0n) is 12.7. The summed E-state index contributed by atoms with van der Waals surface area (Å²) in [4.78, 5) is 11.9. The van der Waals surface area contributed by atoms with E-state index >= 15 is 0 Å². The smallest absolute Gasteiger partial charge is 0.313 e. The molecule has 118 valence electrons. The number of aryl methyl sites for hydroxylation is 1. The molecule has 1 aromatic carbocycles. The van der Waals surface area contributed by atoms with E-state index in [1.165, 1.54) is 17.3 Å². The average molecular weight is 345 g/mol. The standard InChI is InChI=1S/C16H15N3O2S2/c1-10-5-3-6-12(11(10)2)19-15(13-7-4-8-22-13)17-18-16(19)23-9-14(20)21/h3-8H,9H2,1-2H3,(H,20,21). The van der Waals surface area contributed by atoms with Crippen LogP contribution in [0.1, 0.15) is 11.1 Å². The van der Waals surface area contributed by atoms with E-state index in [1.807, 2.05) is 34.2 Å². The van der Waals surface area contributed by atoms with Crippen molar-refractivity contribution in [3.8, 4) is 16.4 Å². The first-order chi connectivity index (χ1) is 11.1. The van der Waals surface area contributed by atoms with Gasteiger partial charge >= 0.3 is 5.97 Å². The molecule has 0 aliphatic rings. The van der Waals surface area contributed by atoms with Gasteiger partial charge in [0.15, 0.2) is 11.0 Å². The van der Waals surface area contributed by atoms with Crippen LogP contribution in [0.4, 0.5) is 0 Å². The SMILES string of the molecule is Cc1cccc(-n2c(SCC(=O)O)nnc2-c2cccs2)c1C. The van der Waals surface area contributed by atoms with Gasteiger partial charge < -0.3 is 5.11 Å². The number of aliphatic carboxylic acids is 1. The molecular weight excluding hydrogens is 330 g/mol. The largest absolute Gasteiger partial charge is 0.481 e. The van der Waals surface area contributed by atoms with Gasteiger partial charge in [-0.1, -0.05) is 30.0 Å². The quantitative estimate of drug-likeness (QED) is 0.713. The fraction of sp³-hybridized carbons (Fsp3) is 0.188. The van der Waals surface area contributed by atoms with Crippen molar-refractivity contribution in [2.24, 2.45) is 0 Å². The fourth-order valence-corrected chi connectivity index (χ4v) is 3.61. The van der Waals surface area contributed by atoms with Crippen LogP contribution in [-0.2, 0) is 4.79 Å². The first-order valence-electron chi connectivity index (χ1n) is 6.98.